The summed E-state index contributed by atoms with van der Waals surface area (Å²) in [6.07, 6.45) is 5.59. The van der Waals surface area contributed by atoms with Gasteiger partial charge in [0.2, 0.25) is 0 Å². The fraction of sp³-hybridized carbons (Fsp3) is 1.00. The minimum atomic E-state index is 0.538. The predicted octanol–water partition coefficient (Wildman–Crippen LogP) is 2.26. The average molecular weight is 254 g/mol. The summed E-state index contributed by atoms with van der Waals surface area (Å²) in [6, 6.07) is 1.36. The number of nitrogens with zero attached hydrogens (tertiary/aromatic N) is 1. The molecular weight excluding hydrogens is 224 g/mol. The summed E-state index contributed by atoms with van der Waals surface area (Å²) in [7, 11) is 0. The van der Waals surface area contributed by atoms with Gasteiger partial charge in [-0.15, -0.1) is 0 Å². The number of rotatable bonds is 5. The molecule has 2 rings (SSSR count). The number of piperazine rings is 1. The second kappa shape index (κ2) is 6.88. The normalized spacial score (nSPS) is 34.3. The van der Waals surface area contributed by atoms with E-state index < -0.39 is 0 Å². The molecule has 0 aromatic rings. The molecule has 1 N–H and O–H groups in total. The summed E-state index contributed by atoms with van der Waals surface area (Å²) in [5, 5.41) is 3.69. The van der Waals surface area contributed by atoms with Gasteiger partial charge in [-0.2, -0.15) is 0 Å². The van der Waals surface area contributed by atoms with Gasteiger partial charge in [0.1, 0.15) is 0 Å². The van der Waals surface area contributed by atoms with Gasteiger partial charge in [-0.05, 0) is 38.5 Å². The van der Waals surface area contributed by atoms with Crippen LogP contribution in [0.25, 0.3) is 0 Å². The number of nitrogens with one attached hydrogen (secondary N) is 1. The first-order valence-electron chi connectivity index (χ1n) is 7.74. The summed E-state index contributed by atoms with van der Waals surface area (Å²) in [5.41, 5.74) is 0. The van der Waals surface area contributed by atoms with Crippen LogP contribution in [0, 0.1) is 5.92 Å². The number of hydrogen-bond donors (Lipinski definition) is 1. The van der Waals surface area contributed by atoms with Crippen LogP contribution in [0.3, 0.4) is 0 Å². The summed E-state index contributed by atoms with van der Waals surface area (Å²) < 4.78 is 5.73. The van der Waals surface area contributed by atoms with E-state index in [-0.39, 0.29) is 0 Å². The van der Waals surface area contributed by atoms with Crippen molar-refractivity contribution in [3.63, 3.8) is 0 Å². The third-order valence-electron chi connectivity index (χ3n) is 4.30. The lowest BCUT2D eigenvalue weighted by Gasteiger charge is -2.39. The van der Waals surface area contributed by atoms with E-state index in [2.05, 4.69) is 31.0 Å². The zero-order chi connectivity index (χ0) is 13.0. The topological polar surface area (TPSA) is 24.5 Å². The van der Waals surface area contributed by atoms with Crippen molar-refractivity contribution in [1.29, 1.82) is 0 Å². The van der Waals surface area contributed by atoms with Crippen LogP contribution in [-0.4, -0.2) is 49.3 Å². The van der Waals surface area contributed by atoms with Gasteiger partial charge in [0.05, 0.1) is 6.10 Å². The first kappa shape index (κ1) is 14.3. The maximum atomic E-state index is 5.73. The molecule has 2 heterocycles. The van der Waals surface area contributed by atoms with Gasteiger partial charge in [0.25, 0.3) is 0 Å². The zero-order valence-corrected chi connectivity index (χ0v) is 12.3. The van der Waals surface area contributed by atoms with Crippen LogP contribution < -0.4 is 5.32 Å². The molecule has 0 aromatic carbocycles. The van der Waals surface area contributed by atoms with Crippen molar-refractivity contribution in [2.24, 2.45) is 5.92 Å². The van der Waals surface area contributed by atoms with Crippen LogP contribution in [0.1, 0.15) is 46.5 Å². The van der Waals surface area contributed by atoms with Crippen molar-refractivity contribution in [1.82, 2.24) is 10.2 Å². The molecular formula is C15H30N2O. The van der Waals surface area contributed by atoms with Gasteiger partial charge < -0.3 is 10.1 Å². The van der Waals surface area contributed by atoms with Gasteiger partial charge in [-0.1, -0.05) is 13.8 Å². The molecule has 0 aliphatic carbocycles. The van der Waals surface area contributed by atoms with E-state index in [1.807, 2.05) is 0 Å². The van der Waals surface area contributed by atoms with Gasteiger partial charge in [-0.3, -0.25) is 4.90 Å². The molecule has 0 spiro atoms. The molecule has 3 unspecified atom stereocenters. The van der Waals surface area contributed by atoms with E-state index in [0.29, 0.717) is 18.2 Å². The van der Waals surface area contributed by atoms with Gasteiger partial charge in [0, 0.05) is 38.3 Å². The fourth-order valence-electron chi connectivity index (χ4n) is 3.21. The van der Waals surface area contributed by atoms with E-state index in [1.165, 1.54) is 38.8 Å². The summed E-state index contributed by atoms with van der Waals surface area (Å²) in [6.45, 7) is 11.5. The monoisotopic (exact) mass is 254 g/mol. The zero-order valence-electron chi connectivity index (χ0n) is 12.3. The van der Waals surface area contributed by atoms with Crippen molar-refractivity contribution in [2.75, 3.05) is 26.2 Å². The van der Waals surface area contributed by atoms with Crippen molar-refractivity contribution < 1.29 is 4.74 Å². The Bertz CT molecular complexity index is 239. The summed E-state index contributed by atoms with van der Waals surface area (Å²) in [4.78, 5) is 2.66. The summed E-state index contributed by atoms with van der Waals surface area (Å²) in [5.74, 6) is 0.788. The Morgan fingerprint density at radius 1 is 1.39 bits per heavy atom. The molecule has 0 amide bonds. The Morgan fingerprint density at radius 3 is 2.89 bits per heavy atom. The lowest BCUT2D eigenvalue weighted by atomic mass is 9.99. The van der Waals surface area contributed by atoms with Gasteiger partial charge >= 0.3 is 0 Å². The Labute approximate surface area is 112 Å². The van der Waals surface area contributed by atoms with Crippen LogP contribution in [0.2, 0.25) is 0 Å². The first-order chi connectivity index (χ1) is 8.65. The highest BCUT2D eigenvalue weighted by Crippen LogP contribution is 2.18. The molecule has 2 aliphatic rings. The molecule has 18 heavy (non-hydrogen) atoms. The molecule has 0 saturated carbocycles. The largest absolute Gasteiger partial charge is 0.378 e. The van der Waals surface area contributed by atoms with E-state index in [4.69, 9.17) is 4.74 Å². The SMILES string of the molecule is CC(C)CC1CN(CCC2CCCO2)C(C)CN1. The molecule has 0 aromatic heterocycles. The van der Waals surface area contributed by atoms with Crippen LogP contribution in [0.5, 0.6) is 0 Å². The number of hydrogen-bond acceptors (Lipinski definition) is 3. The van der Waals surface area contributed by atoms with Gasteiger partial charge in [-0.25, -0.2) is 0 Å². The Kier molecular flexibility index (Phi) is 5.46. The van der Waals surface area contributed by atoms with E-state index >= 15 is 0 Å². The second-order valence-electron chi connectivity index (χ2n) is 6.50. The standard InChI is InChI=1S/C15H30N2O/c1-12(2)9-14-11-17(13(3)10-16-14)7-6-15-5-4-8-18-15/h12-16H,4-11H2,1-3H3. The third kappa shape index (κ3) is 4.22. The van der Waals surface area contributed by atoms with E-state index in [0.717, 1.165) is 19.1 Å². The van der Waals surface area contributed by atoms with Crippen molar-refractivity contribution in [3.05, 3.63) is 0 Å². The van der Waals surface area contributed by atoms with Crippen LogP contribution in [0.15, 0.2) is 0 Å². The third-order valence-corrected chi connectivity index (χ3v) is 4.30. The molecule has 0 bridgehead atoms. The van der Waals surface area contributed by atoms with Crippen LogP contribution in [0.4, 0.5) is 0 Å². The highest BCUT2D eigenvalue weighted by molar-refractivity contribution is 4.85. The second-order valence-corrected chi connectivity index (χ2v) is 6.50. The molecule has 106 valence electrons. The highest BCUT2D eigenvalue weighted by Gasteiger charge is 2.26. The van der Waals surface area contributed by atoms with Gasteiger partial charge in [0.15, 0.2) is 0 Å². The molecule has 0 radical (unpaired) electrons. The molecule has 3 atom stereocenters. The lowest BCUT2D eigenvalue weighted by molar-refractivity contribution is 0.0723. The van der Waals surface area contributed by atoms with E-state index in [1.54, 1.807) is 0 Å². The maximum Gasteiger partial charge on any atom is 0.0588 e. The molecule has 3 heteroatoms. The minimum Gasteiger partial charge on any atom is -0.378 e. The molecule has 2 saturated heterocycles. The van der Waals surface area contributed by atoms with Crippen molar-refractivity contribution >= 4 is 0 Å². The summed E-state index contributed by atoms with van der Waals surface area (Å²) >= 11 is 0. The Hall–Kier alpha value is -0.120. The van der Waals surface area contributed by atoms with E-state index in [9.17, 15) is 0 Å². The Morgan fingerprint density at radius 2 is 2.22 bits per heavy atom. The van der Waals surface area contributed by atoms with Crippen LogP contribution in [-0.2, 0) is 4.74 Å². The molecule has 2 aliphatic heterocycles. The maximum absolute atomic E-state index is 5.73. The average Bonchev–Trinajstić information content (AvgIpc) is 2.82. The van der Waals surface area contributed by atoms with Crippen LogP contribution >= 0.6 is 0 Å². The Balaban J connectivity index is 1.74. The fourth-order valence-corrected chi connectivity index (χ4v) is 3.21. The molecule has 2 fully saturated rings. The predicted molar refractivity (Wildman–Crippen MR) is 75.9 cm³/mol. The smallest absolute Gasteiger partial charge is 0.0588 e. The van der Waals surface area contributed by atoms with Crippen molar-refractivity contribution in [3.8, 4) is 0 Å². The first-order valence-corrected chi connectivity index (χ1v) is 7.74. The molecule has 3 nitrogen and oxygen atoms in total. The lowest BCUT2D eigenvalue weighted by Crippen LogP contribution is -2.56. The minimum absolute atomic E-state index is 0.538. The van der Waals surface area contributed by atoms with Crippen molar-refractivity contribution in [2.45, 2.75) is 64.6 Å². The quantitative estimate of drug-likeness (QED) is 0.814. The number of ether oxygens (including phenoxy) is 1. The highest BCUT2D eigenvalue weighted by atomic mass is 16.5.